The molecule has 74 valence electrons. The first-order valence-electron chi connectivity index (χ1n) is 3.61. The maximum absolute atomic E-state index is 11.0. The third kappa shape index (κ3) is 1.90. The number of carbonyl (C=O) groups is 1. The van der Waals surface area contributed by atoms with Crippen molar-refractivity contribution in [3.63, 3.8) is 0 Å². The van der Waals surface area contributed by atoms with Gasteiger partial charge in [-0.1, -0.05) is 15.9 Å². The number of halogens is 1. The van der Waals surface area contributed by atoms with Crippen molar-refractivity contribution in [2.45, 2.75) is 6.92 Å². The van der Waals surface area contributed by atoms with Crippen LogP contribution in [0, 0.1) is 10.1 Å². The second kappa shape index (κ2) is 3.75. The first kappa shape index (κ1) is 10.6. The molecule has 5 nitrogen and oxygen atoms in total. The molecule has 0 amide bonds. The summed E-state index contributed by atoms with van der Waals surface area (Å²) >= 11 is 3.02. The fourth-order valence-electron chi connectivity index (χ4n) is 0.992. The monoisotopic (exact) mass is 259 g/mol. The van der Waals surface area contributed by atoms with Gasteiger partial charge in [0, 0.05) is 10.5 Å². The van der Waals surface area contributed by atoms with Gasteiger partial charge in [-0.25, -0.2) is 0 Å². The lowest BCUT2D eigenvalue weighted by Crippen LogP contribution is -1.97. The number of aromatic hydroxyl groups is 1. The van der Waals surface area contributed by atoms with E-state index in [2.05, 4.69) is 15.9 Å². The quantitative estimate of drug-likeness (QED) is 0.502. The molecule has 1 aromatic carbocycles. The highest BCUT2D eigenvalue weighted by Gasteiger charge is 2.20. The largest absolute Gasteiger partial charge is 0.502 e. The van der Waals surface area contributed by atoms with Crippen molar-refractivity contribution < 1.29 is 14.8 Å². The number of rotatable bonds is 2. The van der Waals surface area contributed by atoms with E-state index in [-0.39, 0.29) is 5.56 Å². The van der Waals surface area contributed by atoms with Gasteiger partial charge in [0.15, 0.2) is 5.78 Å². The molecule has 1 rings (SSSR count). The van der Waals surface area contributed by atoms with Crippen LogP contribution in [0.25, 0.3) is 0 Å². The van der Waals surface area contributed by atoms with E-state index in [0.717, 1.165) is 6.07 Å². The molecule has 1 aromatic rings. The second-order valence-corrected chi connectivity index (χ2v) is 3.55. The van der Waals surface area contributed by atoms with Gasteiger partial charge < -0.3 is 5.11 Å². The Morgan fingerprint density at radius 1 is 1.57 bits per heavy atom. The summed E-state index contributed by atoms with van der Waals surface area (Å²) in [5.41, 5.74) is -0.546. The molecule has 0 saturated carbocycles. The Morgan fingerprint density at radius 2 is 2.14 bits per heavy atom. The first-order chi connectivity index (χ1) is 6.43. The standard InChI is InChI=1S/C8H6BrNO4/c1-4(11)6-2-5(9)3-7(8(6)12)10(13)14/h2-3,12H,1H3. The second-order valence-electron chi connectivity index (χ2n) is 2.63. The Morgan fingerprint density at radius 3 is 2.57 bits per heavy atom. The maximum Gasteiger partial charge on any atom is 0.312 e. The van der Waals surface area contributed by atoms with Crippen LogP contribution in [0.4, 0.5) is 5.69 Å². The Kier molecular flexibility index (Phi) is 2.85. The van der Waals surface area contributed by atoms with Crippen LogP contribution >= 0.6 is 15.9 Å². The van der Waals surface area contributed by atoms with Crippen LogP contribution in [-0.2, 0) is 0 Å². The van der Waals surface area contributed by atoms with Crippen molar-refractivity contribution in [1.82, 2.24) is 0 Å². The topological polar surface area (TPSA) is 80.4 Å². The molecule has 0 aliphatic carbocycles. The minimum Gasteiger partial charge on any atom is -0.502 e. The van der Waals surface area contributed by atoms with Crippen molar-refractivity contribution in [2.75, 3.05) is 0 Å². The summed E-state index contributed by atoms with van der Waals surface area (Å²) in [5, 5.41) is 19.8. The highest BCUT2D eigenvalue weighted by Crippen LogP contribution is 2.33. The van der Waals surface area contributed by atoms with E-state index in [0.29, 0.717) is 4.47 Å². The number of carbonyl (C=O) groups excluding carboxylic acids is 1. The Balaban J connectivity index is 3.47. The smallest absolute Gasteiger partial charge is 0.312 e. The van der Waals surface area contributed by atoms with Gasteiger partial charge in [-0.15, -0.1) is 0 Å². The number of phenolic OH excluding ortho intramolecular Hbond substituents is 1. The van der Waals surface area contributed by atoms with Crippen molar-refractivity contribution in [3.05, 3.63) is 32.3 Å². The van der Waals surface area contributed by atoms with E-state index >= 15 is 0 Å². The van der Waals surface area contributed by atoms with Crippen molar-refractivity contribution >= 4 is 27.4 Å². The van der Waals surface area contributed by atoms with Crippen molar-refractivity contribution in [3.8, 4) is 5.75 Å². The molecule has 0 aromatic heterocycles. The lowest BCUT2D eigenvalue weighted by Gasteiger charge is -2.02. The molecule has 6 heteroatoms. The van der Waals surface area contributed by atoms with E-state index in [1.54, 1.807) is 0 Å². The minimum atomic E-state index is -0.744. The molecule has 0 unspecified atom stereocenters. The van der Waals surface area contributed by atoms with Gasteiger partial charge in [0.1, 0.15) is 0 Å². The summed E-state index contributed by atoms with van der Waals surface area (Å²) in [5.74, 6) is -1.02. The van der Waals surface area contributed by atoms with Gasteiger partial charge in [0.05, 0.1) is 10.5 Å². The van der Waals surface area contributed by atoms with Crippen LogP contribution < -0.4 is 0 Å². The third-order valence-electron chi connectivity index (χ3n) is 1.63. The number of nitrogens with zero attached hydrogens (tertiary/aromatic N) is 1. The van der Waals surface area contributed by atoms with Gasteiger partial charge in [0.25, 0.3) is 0 Å². The van der Waals surface area contributed by atoms with Gasteiger partial charge in [-0.3, -0.25) is 14.9 Å². The number of Topliss-reactive ketones (excluding diaryl/α,β-unsaturated/α-hetero) is 1. The average Bonchev–Trinajstić information content (AvgIpc) is 2.07. The van der Waals surface area contributed by atoms with Crippen LogP contribution in [0.5, 0.6) is 5.75 Å². The SMILES string of the molecule is CC(=O)c1cc(Br)cc([N+](=O)[O-])c1O. The molecule has 0 bridgehead atoms. The Bertz CT molecular complexity index is 381. The van der Waals surface area contributed by atoms with Gasteiger partial charge in [0.2, 0.25) is 5.75 Å². The fourth-order valence-corrected chi connectivity index (χ4v) is 1.44. The summed E-state index contributed by atoms with van der Waals surface area (Å²) in [7, 11) is 0. The third-order valence-corrected chi connectivity index (χ3v) is 2.09. The summed E-state index contributed by atoms with van der Waals surface area (Å²) < 4.78 is 0.382. The number of nitro groups is 1. The fraction of sp³-hybridized carbons (Fsp3) is 0.125. The number of hydrogen-bond donors (Lipinski definition) is 1. The molecule has 0 saturated heterocycles. The first-order valence-corrected chi connectivity index (χ1v) is 4.40. The van der Waals surface area contributed by atoms with Gasteiger partial charge in [-0.2, -0.15) is 0 Å². The highest BCUT2D eigenvalue weighted by molar-refractivity contribution is 9.10. The molecule has 0 spiro atoms. The molecule has 0 radical (unpaired) electrons. The van der Waals surface area contributed by atoms with E-state index in [9.17, 15) is 20.0 Å². The Labute approximate surface area is 87.6 Å². The number of nitro benzene ring substituents is 1. The number of ketones is 1. The Hall–Kier alpha value is -1.43. The summed E-state index contributed by atoms with van der Waals surface area (Å²) in [6.07, 6.45) is 0. The van der Waals surface area contributed by atoms with Crippen LogP contribution in [0.3, 0.4) is 0 Å². The normalized spacial score (nSPS) is 9.86. The molecule has 0 aliphatic rings. The maximum atomic E-state index is 11.0. The van der Waals surface area contributed by atoms with Crippen LogP contribution in [-0.4, -0.2) is 15.8 Å². The number of hydrogen-bond acceptors (Lipinski definition) is 4. The lowest BCUT2D eigenvalue weighted by atomic mass is 10.1. The number of benzene rings is 1. The van der Waals surface area contributed by atoms with Crippen LogP contribution in [0.1, 0.15) is 17.3 Å². The number of phenols is 1. The predicted octanol–water partition coefficient (Wildman–Crippen LogP) is 2.27. The molecule has 0 fully saturated rings. The summed E-state index contributed by atoms with van der Waals surface area (Å²) in [4.78, 5) is 20.7. The molecular formula is C8H6BrNO4. The molecule has 14 heavy (non-hydrogen) atoms. The summed E-state index contributed by atoms with van der Waals surface area (Å²) in [6, 6.07) is 2.48. The molecule has 0 atom stereocenters. The van der Waals surface area contributed by atoms with Gasteiger partial charge >= 0.3 is 5.69 Å². The molecule has 0 aliphatic heterocycles. The highest BCUT2D eigenvalue weighted by atomic mass is 79.9. The van der Waals surface area contributed by atoms with E-state index in [4.69, 9.17) is 0 Å². The van der Waals surface area contributed by atoms with E-state index in [1.807, 2.05) is 0 Å². The van der Waals surface area contributed by atoms with Crippen LogP contribution in [0.15, 0.2) is 16.6 Å². The minimum absolute atomic E-state index is 0.0638. The zero-order valence-electron chi connectivity index (χ0n) is 7.15. The lowest BCUT2D eigenvalue weighted by molar-refractivity contribution is -0.386. The predicted molar refractivity (Wildman–Crippen MR) is 52.5 cm³/mol. The summed E-state index contributed by atoms with van der Waals surface area (Å²) in [6.45, 7) is 1.23. The molecule has 0 heterocycles. The van der Waals surface area contributed by atoms with Crippen molar-refractivity contribution in [1.29, 1.82) is 0 Å². The van der Waals surface area contributed by atoms with Gasteiger partial charge in [-0.05, 0) is 13.0 Å². The van der Waals surface area contributed by atoms with E-state index < -0.39 is 22.1 Å². The molecular weight excluding hydrogens is 254 g/mol. The van der Waals surface area contributed by atoms with Crippen molar-refractivity contribution in [2.24, 2.45) is 0 Å². The molecule has 1 N–H and O–H groups in total. The zero-order chi connectivity index (χ0) is 10.9. The average molecular weight is 260 g/mol. The zero-order valence-corrected chi connectivity index (χ0v) is 8.74. The van der Waals surface area contributed by atoms with Crippen LogP contribution in [0.2, 0.25) is 0 Å². The van der Waals surface area contributed by atoms with E-state index in [1.165, 1.54) is 13.0 Å².